The maximum absolute atomic E-state index is 4.47. The molecular formula is C13H14BrN3. The number of hydrogen-bond donors (Lipinski definition) is 1. The zero-order chi connectivity index (χ0) is 11.7. The van der Waals surface area contributed by atoms with E-state index in [0.29, 0.717) is 6.04 Å². The van der Waals surface area contributed by atoms with E-state index in [1.54, 1.807) is 0 Å². The zero-order valence-electron chi connectivity index (χ0n) is 9.44. The summed E-state index contributed by atoms with van der Waals surface area (Å²) < 4.78 is 3.18. The monoisotopic (exact) mass is 291 g/mol. The molecule has 17 heavy (non-hydrogen) atoms. The molecule has 1 aliphatic heterocycles. The van der Waals surface area contributed by atoms with Crippen molar-refractivity contribution < 1.29 is 0 Å². The average molecular weight is 292 g/mol. The van der Waals surface area contributed by atoms with Gasteiger partial charge in [0.2, 0.25) is 0 Å². The van der Waals surface area contributed by atoms with Crippen LogP contribution in [0, 0.1) is 0 Å². The zero-order valence-corrected chi connectivity index (χ0v) is 11.0. The molecule has 1 aromatic heterocycles. The molecule has 0 aliphatic carbocycles. The van der Waals surface area contributed by atoms with Crippen molar-refractivity contribution in [2.45, 2.75) is 12.5 Å². The van der Waals surface area contributed by atoms with Crippen LogP contribution in [-0.4, -0.2) is 22.9 Å². The lowest BCUT2D eigenvalue weighted by molar-refractivity contribution is 0.491. The Morgan fingerprint density at radius 2 is 2.29 bits per heavy atom. The van der Waals surface area contributed by atoms with Crippen LogP contribution in [0.2, 0.25) is 0 Å². The van der Waals surface area contributed by atoms with Crippen molar-refractivity contribution in [3.63, 3.8) is 0 Å². The number of hydrogen-bond acceptors (Lipinski definition) is 2. The van der Waals surface area contributed by atoms with E-state index < -0.39 is 0 Å². The fraction of sp³-hybridized carbons (Fsp3) is 0.308. The summed E-state index contributed by atoms with van der Waals surface area (Å²) >= 11 is 3.50. The summed E-state index contributed by atoms with van der Waals surface area (Å²) in [5.74, 6) is 0. The van der Waals surface area contributed by atoms with Crippen LogP contribution in [-0.2, 0) is 0 Å². The number of halogens is 1. The van der Waals surface area contributed by atoms with Crippen molar-refractivity contribution in [1.82, 2.24) is 15.1 Å². The van der Waals surface area contributed by atoms with Gasteiger partial charge in [-0.3, -0.25) is 4.68 Å². The first-order valence-corrected chi connectivity index (χ1v) is 6.63. The van der Waals surface area contributed by atoms with E-state index in [0.717, 1.165) is 17.6 Å². The molecule has 1 aromatic carbocycles. The van der Waals surface area contributed by atoms with E-state index in [9.17, 15) is 0 Å². The Labute approximate surface area is 109 Å². The highest BCUT2D eigenvalue weighted by atomic mass is 79.9. The second-order valence-electron chi connectivity index (χ2n) is 4.37. The molecule has 3 nitrogen and oxygen atoms in total. The highest BCUT2D eigenvalue weighted by molar-refractivity contribution is 9.10. The molecule has 0 amide bonds. The standard InChI is InChI=1S/C13H14BrN3/c14-12-3-1-2-10(6-12)11-7-16-17(9-11)13-4-5-15-8-13/h1-3,6-7,9,13,15H,4-5,8H2. The molecule has 0 radical (unpaired) electrons. The summed E-state index contributed by atoms with van der Waals surface area (Å²) in [5, 5.41) is 7.83. The van der Waals surface area contributed by atoms with Gasteiger partial charge < -0.3 is 5.32 Å². The SMILES string of the molecule is Brc1cccc(-c2cnn(C3CCNC3)c2)c1. The summed E-state index contributed by atoms with van der Waals surface area (Å²) in [6, 6.07) is 8.83. The van der Waals surface area contributed by atoms with Crippen molar-refractivity contribution in [2.24, 2.45) is 0 Å². The molecule has 88 valence electrons. The highest BCUT2D eigenvalue weighted by Crippen LogP contribution is 2.24. The maximum Gasteiger partial charge on any atom is 0.0655 e. The first kappa shape index (κ1) is 11.0. The van der Waals surface area contributed by atoms with Crippen LogP contribution in [0.1, 0.15) is 12.5 Å². The van der Waals surface area contributed by atoms with Gasteiger partial charge in [-0.1, -0.05) is 28.1 Å². The Kier molecular flexibility index (Phi) is 2.99. The fourth-order valence-electron chi connectivity index (χ4n) is 2.22. The molecule has 1 fully saturated rings. The molecular weight excluding hydrogens is 278 g/mol. The van der Waals surface area contributed by atoms with E-state index in [1.165, 1.54) is 17.5 Å². The smallest absolute Gasteiger partial charge is 0.0655 e. The van der Waals surface area contributed by atoms with Gasteiger partial charge in [0, 0.05) is 22.8 Å². The summed E-state index contributed by atoms with van der Waals surface area (Å²) in [5.41, 5.74) is 2.38. The van der Waals surface area contributed by atoms with Crippen molar-refractivity contribution in [1.29, 1.82) is 0 Å². The van der Waals surface area contributed by atoms with Gasteiger partial charge in [-0.05, 0) is 30.7 Å². The van der Waals surface area contributed by atoms with Gasteiger partial charge in [0.15, 0.2) is 0 Å². The Morgan fingerprint density at radius 1 is 1.35 bits per heavy atom. The second kappa shape index (κ2) is 4.63. The number of nitrogens with one attached hydrogen (secondary N) is 1. The fourth-order valence-corrected chi connectivity index (χ4v) is 2.62. The summed E-state index contributed by atoms with van der Waals surface area (Å²) in [6.45, 7) is 2.12. The lowest BCUT2D eigenvalue weighted by Gasteiger charge is -2.07. The molecule has 0 bridgehead atoms. The number of aromatic nitrogens is 2. The molecule has 1 aliphatic rings. The number of benzene rings is 1. The van der Waals surface area contributed by atoms with E-state index in [2.05, 4.69) is 49.4 Å². The highest BCUT2D eigenvalue weighted by Gasteiger charge is 2.17. The maximum atomic E-state index is 4.47. The molecule has 1 N–H and O–H groups in total. The van der Waals surface area contributed by atoms with Crippen molar-refractivity contribution in [3.8, 4) is 11.1 Å². The van der Waals surface area contributed by atoms with Crippen LogP contribution in [0.15, 0.2) is 41.1 Å². The minimum absolute atomic E-state index is 0.510. The van der Waals surface area contributed by atoms with Crippen LogP contribution < -0.4 is 5.32 Å². The third kappa shape index (κ3) is 2.28. The molecule has 1 saturated heterocycles. The van der Waals surface area contributed by atoms with Crippen molar-refractivity contribution in [2.75, 3.05) is 13.1 Å². The first-order chi connectivity index (χ1) is 8.33. The lowest BCUT2D eigenvalue weighted by Crippen LogP contribution is -2.13. The Bertz CT molecular complexity index is 515. The quantitative estimate of drug-likeness (QED) is 0.922. The largest absolute Gasteiger partial charge is 0.315 e. The van der Waals surface area contributed by atoms with Gasteiger partial charge >= 0.3 is 0 Å². The Hall–Kier alpha value is -1.13. The minimum Gasteiger partial charge on any atom is -0.315 e. The average Bonchev–Trinajstić information content (AvgIpc) is 3.00. The van der Waals surface area contributed by atoms with Gasteiger partial charge in [-0.15, -0.1) is 0 Å². The van der Waals surface area contributed by atoms with Crippen molar-refractivity contribution in [3.05, 3.63) is 41.1 Å². The van der Waals surface area contributed by atoms with Gasteiger partial charge in [0.1, 0.15) is 0 Å². The molecule has 0 saturated carbocycles. The minimum atomic E-state index is 0.510. The third-order valence-corrected chi connectivity index (χ3v) is 3.66. The number of rotatable bonds is 2. The van der Waals surface area contributed by atoms with E-state index in [4.69, 9.17) is 0 Å². The van der Waals surface area contributed by atoms with Gasteiger partial charge in [-0.25, -0.2) is 0 Å². The topological polar surface area (TPSA) is 29.9 Å². The predicted octanol–water partition coefficient (Wildman–Crippen LogP) is 2.85. The normalized spacial score (nSPS) is 19.7. The van der Waals surface area contributed by atoms with Crippen LogP contribution in [0.3, 0.4) is 0 Å². The Morgan fingerprint density at radius 3 is 3.06 bits per heavy atom. The van der Waals surface area contributed by atoms with Crippen molar-refractivity contribution >= 4 is 15.9 Å². The first-order valence-electron chi connectivity index (χ1n) is 5.84. The Balaban J connectivity index is 1.89. The third-order valence-electron chi connectivity index (χ3n) is 3.17. The van der Waals surface area contributed by atoms with E-state index in [-0.39, 0.29) is 0 Å². The predicted molar refractivity (Wildman–Crippen MR) is 71.9 cm³/mol. The molecule has 4 heteroatoms. The molecule has 2 heterocycles. The van der Waals surface area contributed by atoms with Crippen LogP contribution in [0.4, 0.5) is 0 Å². The van der Waals surface area contributed by atoms with E-state index >= 15 is 0 Å². The van der Waals surface area contributed by atoms with Gasteiger partial charge in [0.05, 0.1) is 12.2 Å². The molecule has 1 atom stereocenters. The van der Waals surface area contributed by atoms with E-state index in [1.807, 2.05) is 18.3 Å². The van der Waals surface area contributed by atoms with Gasteiger partial charge in [0.25, 0.3) is 0 Å². The van der Waals surface area contributed by atoms with Crippen LogP contribution in [0.25, 0.3) is 11.1 Å². The van der Waals surface area contributed by atoms with Crippen LogP contribution >= 0.6 is 15.9 Å². The molecule has 1 unspecified atom stereocenters. The summed E-state index contributed by atoms with van der Waals surface area (Å²) in [7, 11) is 0. The molecule has 0 spiro atoms. The lowest BCUT2D eigenvalue weighted by atomic mass is 10.1. The van der Waals surface area contributed by atoms with Crippen LogP contribution in [0.5, 0.6) is 0 Å². The summed E-state index contributed by atoms with van der Waals surface area (Å²) in [6.07, 6.45) is 5.25. The molecule has 3 rings (SSSR count). The van der Waals surface area contributed by atoms with Gasteiger partial charge in [-0.2, -0.15) is 5.10 Å². The molecule has 2 aromatic rings. The summed E-state index contributed by atoms with van der Waals surface area (Å²) in [4.78, 5) is 0. The second-order valence-corrected chi connectivity index (χ2v) is 5.28. The number of nitrogens with zero attached hydrogens (tertiary/aromatic N) is 2.